The van der Waals surface area contributed by atoms with Crippen molar-refractivity contribution in [2.75, 3.05) is 19.0 Å². The second-order valence-corrected chi connectivity index (χ2v) is 7.81. The molecule has 33 heavy (non-hydrogen) atoms. The average Bonchev–Trinajstić information content (AvgIpc) is 3.27. The van der Waals surface area contributed by atoms with E-state index in [-0.39, 0.29) is 12.5 Å². The maximum atomic E-state index is 13.0. The highest BCUT2D eigenvalue weighted by molar-refractivity contribution is 6.30. The largest absolute Gasteiger partial charge is 0.497 e. The zero-order chi connectivity index (χ0) is 23.2. The van der Waals surface area contributed by atoms with Gasteiger partial charge in [-0.05, 0) is 48.9 Å². The Kier molecular flexibility index (Phi) is 6.90. The van der Waals surface area contributed by atoms with Crippen molar-refractivity contribution in [3.63, 3.8) is 0 Å². The number of hydrogen-bond acceptors (Lipinski definition) is 6. The summed E-state index contributed by atoms with van der Waals surface area (Å²) in [7, 11) is 1.63. The summed E-state index contributed by atoms with van der Waals surface area (Å²) in [6.45, 7) is 2.27. The fourth-order valence-corrected chi connectivity index (χ4v) is 3.21. The van der Waals surface area contributed by atoms with Gasteiger partial charge in [-0.1, -0.05) is 53.6 Å². The normalized spacial score (nSPS) is 10.6. The Morgan fingerprint density at radius 2 is 1.64 bits per heavy atom. The Bertz CT molecular complexity index is 1220. The van der Waals surface area contributed by atoms with Gasteiger partial charge in [-0.25, -0.2) is 0 Å². The maximum Gasteiger partial charge on any atom is 0.287 e. The van der Waals surface area contributed by atoms with Gasteiger partial charge in [0.15, 0.2) is 12.4 Å². The summed E-state index contributed by atoms with van der Waals surface area (Å²) in [5.74, 6) is 1.75. The van der Waals surface area contributed by atoms with Crippen molar-refractivity contribution in [1.82, 2.24) is 14.8 Å². The quantitative estimate of drug-likeness (QED) is 0.385. The van der Waals surface area contributed by atoms with Gasteiger partial charge in [-0.15, -0.1) is 5.10 Å². The van der Waals surface area contributed by atoms with Crippen molar-refractivity contribution in [3.05, 3.63) is 88.9 Å². The number of methoxy groups -OCH3 is 1. The molecule has 0 aliphatic heterocycles. The molecule has 0 saturated heterocycles. The van der Waals surface area contributed by atoms with Gasteiger partial charge in [0.1, 0.15) is 11.5 Å². The number of anilines is 1. The third-order valence-corrected chi connectivity index (χ3v) is 5.19. The molecule has 0 fully saturated rings. The summed E-state index contributed by atoms with van der Waals surface area (Å²) in [5.41, 5.74) is 2.95. The zero-order valence-electron chi connectivity index (χ0n) is 18.3. The summed E-state index contributed by atoms with van der Waals surface area (Å²) in [5, 5.41) is 8.25. The van der Waals surface area contributed by atoms with Crippen molar-refractivity contribution >= 4 is 23.5 Å². The molecular weight excluding hydrogens is 440 g/mol. The molecule has 8 heteroatoms. The fraction of sp³-hybridized carbons (Fsp3) is 0.160. The first-order valence-corrected chi connectivity index (χ1v) is 10.7. The molecule has 0 aliphatic carbocycles. The van der Waals surface area contributed by atoms with E-state index >= 15 is 0 Å². The van der Waals surface area contributed by atoms with E-state index in [9.17, 15) is 4.79 Å². The Hall–Kier alpha value is -3.84. The standard InChI is InChI=1S/C25H23ClN4O3/c1-17-3-7-19(8-4-17)24-28-25(27-15-18-5-11-21(32-2)12-6-18)30(29-24)23(31)16-33-22-13-9-20(26)10-14-22/h3-14H,15-16H2,1-2H3,(H,27,28,29). The lowest BCUT2D eigenvalue weighted by Gasteiger charge is -2.09. The number of carbonyl (C=O) groups is 1. The molecule has 4 rings (SSSR count). The molecule has 0 aliphatic rings. The molecule has 0 bridgehead atoms. The minimum atomic E-state index is -0.354. The van der Waals surface area contributed by atoms with E-state index in [1.165, 1.54) is 4.68 Å². The molecule has 0 radical (unpaired) electrons. The number of nitrogens with one attached hydrogen (secondary N) is 1. The molecule has 0 unspecified atom stereocenters. The van der Waals surface area contributed by atoms with Gasteiger partial charge in [-0.2, -0.15) is 9.67 Å². The van der Waals surface area contributed by atoms with Gasteiger partial charge in [0.05, 0.1) is 7.11 Å². The van der Waals surface area contributed by atoms with Gasteiger partial charge in [0.25, 0.3) is 5.91 Å². The van der Waals surface area contributed by atoms with Crippen LogP contribution in [0.1, 0.15) is 15.9 Å². The van der Waals surface area contributed by atoms with Gasteiger partial charge < -0.3 is 14.8 Å². The van der Waals surface area contributed by atoms with E-state index < -0.39 is 0 Å². The van der Waals surface area contributed by atoms with Crippen LogP contribution in [0.2, 0.25) is 5.02 Å². The Morgan fingerprint density at radius 1 is 0.970 bits per heavy atom. The SMILES string of the molecule is COc1ccc(CNc2nc(-c3ccc(C)cc3)nn2C(=O)COc2ccc(Cl)cc2)cc1. The Labute approximate surface area is 196 Å². The first kappa shape index (κ1) is 22.4. The van der Waals surface area contributed by atoms with Crippen LogP contribution in [-0.4, -0.2) is 34.4 Å². The topological polar surface area (TPSA) is 78.3 Å². The van der Waals surface area contributed by atoms with Crippen LogP contribution in [0.15, 0.2) is 72.8 Å². The van der Waals surface area contributed by atoms with Crippen molar-refractivity contribution in [1.29, 1.82) is 0 Å². The third kappa shape index (κ3) is 5.70. The Morgan fingerprint density at radius 3 is 2.30 bits per heavy atom. The average molecular weight is 463 g/mol. The molecule has 1 heterocycles. The number of carbonyl (C=O) groups excluding carboxylic acids is 1. The molecule has 7 nitrogen and oxygen atoms in total. The van der Waals surface area contributed by atoms with Crippen LogP contribution in [0.5, 0.6) is 11.5 Å². The number of aryl methyl sites for hydroxylation is 1. The number of hydrogen-bond donors (Lipinski definition) is 1. The van der Waals surface area contributed by atoms with Crippen LogP contribution in [0.3, 0.4) is 0 Å². The summed E-state index contributed by atoms with van der Waals surface area (Å²) in [6.07, 6.45) is 0. The summed E-state index contributed by atoms with van der Waals surface area (Å²) < 4.78 is 12.1. The summed E-state index contributed by atoms with van der Waals surface area (Å²) >= 11 is 5.90. The smallest absolute Gasteiger partial charge is 0.287 e. The number of aromatic nitrogens is 3. The van der Waals surface area contributed by atoms with Crippen LogP contribution in [-0.2, 0) is 6.54 Å². The van der Waals surface area contributed by atoms with E-state index in [1.54, 1.807) is 31.4 Å². The van der Waals surface area contributed by atoms with Crippen molar-refractivity contribution in [3.8, 4) is 22.9 Å². The molecule has 0 amide bonds. The van der Waals surface area contributed by atoms with Gasteiger partial charge in [-0.3, -0.25) is 4.79 Å². The molecule has 0 spiro atoms. The molecule has 168 valence electrons. The number of nitrogens with zero attached hydrogens (tertiary/aromatic N) is 3. The van der Waals surface area contributed by atoms with Gasteiger partial charge in [0.2, 0.25) is 5.95 Å². The van der Waals surface area contributed by atoms with Crippen LogP contribution in [0.4, 0.5) is 5.95 Å². The molecule has 4 aromatic rings. The monoisotopic (exact) mass is 462 g/mol. The molecular formula is C25H23ClN4O3. The second kappa shape index (κ2) is 10.2. The van der Waals surface area contributed by atoms with Crippen molar-refractivity contribution < 1.29 is 14.3 Å². The predicted molar refractivity (Wildman–Crippen MR) is 128 cm³/mol. The highest BCUT2D eigenvalue weighted by Gasteiger charge is 2.18. The number of ether oxygens (including phenoxy) is 2. The van der Waals surface area contributed by atoms with E-state index in [0.717, 1.165) is 22.4 Å². The third-order valence-electron chi connectivity index (χ3n) is 4.94. The highest BCUT2D eigenvalue weighted by Crippen LogP contribution is 2.20. The Balaban J connectivity index is 1.54. The predicted octanol–water partition coefficient (Wildman–Crippen LogP) is 5.25. The minimum Gasteiger partial charge on any atom is -0.497 e. The summed E-state index contributed by atoms with van der Waals surface area (Å²) in [4.78, 5) is 17.5. The molecule has 0 saturated carbocycles. The van der Waals surface area contributed by atoms with Crippen LogP contribution in [0, 0.1) is 6.92 Å². The first-order valence-electron chi connectivity index (χ1n) is 10.3. The highest BCUT2D eigenvalue weighted by atomic mass is 35.5. The molecule has 1 N–H and O–H groups in total. The van der Waals surface area contributed by atoms with E-state index in [1.807, 2.05) is 55.5 Å². The van der Waals surface area contributed by atoms with Gasteiger partial charge in [0, 0.05) is 17.1 Å². The maximum absolute atomic E-state index is 13.0. The second-order valence-electron chi connectivity index (χ2n) is 7.37. The lowest BCUT2D eigenvalue weighted by molar-refractivity contribution is 0.0824. The van der Waals surface area contributed by atoms with Gasteiger partial charge >= 0.3 is 0 Å². The van der Waals surface area contributed by atoms with E-state index in [0.29, 0.717) is 29.1 Å². The van der Waals surface area contributed by atoms with Crippen molar-refractivity contribution in [2.24, 2.45) is 0 Å². The number of benzene rings is 3. The number of halogens is 1. The zero-order valence-corrected chi connectivity index (χ0v) is 19.0. The fourth-order valence-electron chi connectivity index (χ4n) is 3.09. The first-order chi connectivity index (χ1) is 16.0. The number of rotatable bonds is 8. The lowest BCUT2D eigenvalue weighted by atomic mass is 10.1. The van der Waals surface area contributed by atoms with E-state index in [4.69, 9.17) is 21.1 Å². The van der Waals surface area contributed by atoms with Crippen LogP contribution in [0.25, 0.3) is 11.4 Å². The lowest BCUT2D eigenvalue weighted by Crippen LogP contribution is -2.22. The summed E-state index contributed by atoms with van der Waals surface area (Å²) in [6, 6.07) is 22.3. The van der Waals surface area contributed by atoms with Crippen molar-refractivity contribution in [2.45, 2.75) is 13.5 Å². The molecule has 1 aromatic heterocycles. The molecule has 3 aromatic carbocycles. The minimum absolute atomic E-state index is 0.199. The molecule has 0 atom stereocenters. The van der Waals surface area contributed by atoms with E-state index in [2.05, 4.69) is 15.4 Å². The van der Waals surface area contributed by atoms with Crippen LogP contribution < -0.4 is 14.8 Å². The van der Waals surface area contributed by atoms with Crippen LogP contribution >= 0.6 is 11.6 Å².